The minimum absolute atomic E-state index is 0.162. The van der Waals surface area contributed by atoms with Gasteiger partial charge >= 0.3 is 6.18 Å². The molecule has 0 bridgehead atoms. The summed E-state index contributed by atoms with van der Waals surface area (Å²) in [5, 5.41) is 0.528. The first-order chi connectivity index (χ1) is 8.91. The summed E-state index contributed by atoms with van der Waals surface area (Å²) in [4.78, 5) is 0. The van der Waals surface area contributed by atoms with Gasteiger partial charge in [0.15, 0.2) is 0 Å². The van der Waals surface area contributed by atoms with Crippen LogP contribution in [0, 0.1) is 12.3 Å². The van der Waals surface area contributed by atoms with Crippen LogP contribution in [0.4, 0.5) is 13.2 Å². The number of hydrogen-bond donors (Lipinski definition) is 0. The van der Waals surface area contributed by atoms with Crippen molar-refractivity contribution in [2.75, 3.05) is 0 Å². The second-order valence-corrected chi connectivity index (χ2v) is 4.35. The summed E-state index contributed by atoms with van der Waals surface area (Å²) < 4.78 is 38.6. The Hall–Kier alpha value is -1.92. The molecule has 0 unspecified atom stereocenters. The highest BCUT2D eigenvalue weighted by atomic mass is 35.5. The molecule has 0 amide bonds. The molecule has 0 atom stereocenters. The second-order valence-electron chi connectivity index (χ2n) is 3.91. The fraction of sp³-hybridized carbons (Fsp3) is 0.0667. The van der Waals surface area contributed by atoms with Crippen LogP contribution < -0.4 is 0 Å². The molecule has 0 aliphatic heterocycles. The van der Waals surface area contributed by atoms with Crippen LogP contribution >= 0.6 is 11.6 Å². The zero-order valence-electron chi connectivity index (χ0n) is 9.63. The highest BCUT2D eigenvalue weighted by Crippen LogP contribution is 2.34. The average Bonchev–Trinajstić information content (AvgIpc) is 2.38. The van der Waals surface area contributed by atoms with Gasteiger partial charge in [-0.1, -0.05) is 35.7 Å². The van der Waals surface area contributed by atoms with Crippen molar-refractivity contribution in [3.8, 4) is 23.5 Å². The lowest BCUT2D eigenvalue weighted by atomic mass is 9.99. The summed E-state index contributed by atoms with van der Waals surface area (Å²) in [5.74, 6) is 2.05. The summed E-state index contributed by atoms with van der Waals surface area (Å²) in [6, 6.07) is 10.5. The normalized spacial score (nSPS) is 11.1. The van der Waals surface area contributed by atoms with Crippen LogP contribution in [-0.2, 0) is 6.18 Å². The number of benzene rings is 2. The molecule has 2 rings (SSSR count). The monoisotopic (exact) mass is 280 g/mol. The van der Waals surface area contributed by atoms with Gasteiger partial charge in [0.2, 0.25) is 0 Å². The van der Waals surface area contributed by atoms with Crippen molar-refractivity contribution >= 4 is 11.6 Å². The first kappa shape index (κ1) is 13.5. The van der Waals surface area contributed by atoms with Crippen molar-refractivity contribution in [2.45, 2.75) is 6.18 Å². The van der Waals surface area contributed by atoms with Crippen LogP contribution in [0.1, 0.15) is 11.1 Å². The molecule has 2 aromatic carbocycles. The third-order valence-electron chi connectivity index (χ3n) is 2.66. The lowest BCUT2D eigenvalue weighted by Gasteiger charge is -2.11. The summed E-state index contributed by atoms with van der Waals surface area (Å²) in [7, 11) is 0. The number of hydrogen-bond acceptors (Lipinski definition) is 0. The number of rotatable bonds is 1. The van der Waals surface area contributed by atoms with Gasteiger partial charge in [-0.3, -0.25) is 0 Å². The van der Waals surface area contributed by atoms with Crippen molar-refractivity contribution in [3.63, 3.8) is 0 Å². The SMILES string of the molecule is C#Cc1ccc(-c2ccc(Cl)cc2)cc1C(F)(F)F. The van der Waals surface area contributed by atoms with E-state index in [1.807, 2.05) is 5.92 Å². The Kier molecular flexibility index (Phi) is 3.55. The van der Waals surface area contributed by atoms with Crippen molar-refractivity contribution < 1.29 is 13.2 Å². The maximum atomic E-state index is 12.9. The van der Waals surface area contributed by atoms with Crippen LogP contribution in [0.5, 0.6) is 0 Å². The molecule has 0 radical (unpaired) electrons. The van der Waals surface area contributed by atoms with Crippen LogP contribution in [0.15, 0.2) is 42.5 Å². The van der Waals surface area contributed by atoms with Gasteiger partial charge in [0.1, 0.15) is 0 Å². The molecular formula is C15H8ClF3. The van der Waals surface area contributed by atoms with Gasteiger partial charge in [0.25, 0.3) is 0 Å². The molecule has 19 heavy (non-hydrogen) atoms. The van der Waals surface area contributed by atoms with E-state index in [-0.39, 0.29) is 5.56 Å². The van der Waals surface area contributed by atoms with Gasteiger partial charge in [0, 0.05) is 10.6 Å². The summed E-state index contributed by atoms with van der Waals surface area (Å²) in [6.07, 6.45) is 0.620. The molecule has 4 heteroatoms. The van der Waals surface area contributed by atoms with E-state index in [4.69, 9.17) is 18.0 Å². The molecule has 0 spiro atoms. The predicted octanol–water partition coefficient (Wildman–Crippen LogP) is 5.01. The molecule has 96 valence electrons. The molecule has 0 aromatic heterocycles. The minimum atomic E-state index is -4.47. The van der Waals surface area contributed by atoms with Gasteiger partial charge < -0.3 is 0 Å². The quantitative estimate of drug-likeness (QED) is 0.644. The number of alkyl halides is 3. The number of halogens is 4. The van der Waals surface area contributed by atoms with Crippen molar-refractivity contribution in [1.82, 2.24) is 0 Å². The second kappa shape index (κ2) is 4.99. The van der Waals surface area contributed by atoms with E-state index in [1.54, 1.807) is 30.3 Å². The molecular weight excluding hydrogens is 273 g/mol. The van der Waals surface area contributed by atoms with E-state index in [0.717, 1.165) is 6.07 Å². The molecule has 0 saturated heterocycles. The smallest absolute Gasteiger partial charge is 0.166 e. The van der Waals surface area contributed by atoms with Crippen LogP contribution in [0.2, 0.25) is 5.02 Å². The van der Waals surface area contributed by atoms with Crippen molar-refractivity contribution in [3.05, 3.63) is 58.6 Å². The molecule has 0 aliphatic rings. The maximum Gasteiger partial charge on any atom is 0.417 e. The molecule has 0 N–H and O–H groups in total. The molecule has 2 aromatic rings. The van der Waals surface area contributed by atoms with Crippen LogP contribution in [-0.4, -0.2) is 0 Å². The highest BCUT2D eigenvalue weighted by Gasteiger charge is 2.33. The third-order valence-corrected chi connectivity index (χ3v) is 2.91. The Morgan fingerprint density at radius 2 is 1.53 bits per heavy atom. The van der Waals surface area contributed by atoms with E-state index in [2.05, 4.69) is 0 Å². The Labute approximate surface area is 113 Å². The Bertz CT molecular complexity index is 634. The van der Waals surface area contributed by atoms with E-state index in [1.165, 1.54) is 6.07 Å². The standard InChI is InChI=1S/C15H8ClF3/c1-2-10-3-4-12(9-14(10)15(17,18)19)11-5-7-13(16)8-6-11/h1,3-9H. The van der Waals surface area contributed by atoms with Gasteiger partial charge in [-0.2, -0.15) is 13.2 Å². The first-order valence-corrected chi connectivity index (χ1v) is 5.73. The zero-order chi connectivity index (χ0) is 14.0. The fourth-order valence-electron chi connectivity index (χ4n) is 1.73. The summed E-state index contributed by atoms with van der Waals surface area (Å²) in [5.41, 5.74) is 0.133. The molecule has 0 fully saturated rings. The lowest BCUT2D eigenvalue weighted by molar-refractivity contribution is -0.137. The predicted molar refractivity (Wildman–Crippen MR) is 69.8 cm³/mol. The minimum Gasteiger partial charge on any atom is -0.166 e. The fourth-order valence-corrected chi connectivity index (χ4v) is 1.85. The zero-order valence-corrected chi connectivity index (χ0v) is 10.4. The third kappa shape index (κ3) is 2.91. The lowest BCUT2D eigenvalue weighted by Crippen LogP contribution is -2.07. The first-order valence-electron chi connectivity index (χ1n) is 5.35. The van der Waals surface area contributed by atoms with Gasteiger partial charge in [0.05, 0.1) is 5.56 Å². The highest BCUT2D eigenvalue weighted by molar-refractivity contribution is 6.30. The average molecular weight is 281 g/mol. The molecule has 0 heterocycles. The Morgan fingerprint density at radius 1 is 0.947 bits per heavy atom. The van der Waals surface area contributed by atoms with Gasteiger partial charge in [-0.25, -0.2) is 0 Å². The van der Waals surface area contributed by atoms with Crippen molar-refractivity contribution in [1.29, 1.82) is 0 Å². The Morgan fingerprint density at radius 3 is 2.05 bits per heavy atom. The van der Waals surface area contributed by atoms with Gasteiger partial charge in [-0.05, 0) is 35.4 Å². The van der Waals surface area contributed by atoms with Crippen molar-refractivity contribution in [2.24, 2.45) is 0 Å². The topological polar surface area (TPSA) is 0 Å². The van der Waals surface area contributed by atoms with Crippen LogP contribution in [0.3, 0.4) is 0 Å². The molecule has 0 nitrogen and oxygen atoms in total. The van der Waals surface area contributed by atoms with Gasteiger partial charge in [-0.15, -0.1) is 6.42 Å². The number of terminal acetylenes is 1. The molecule has 0 aliphatic carbocycles. The van der Waals surface area contributed by atoms with E-state index >= 15 is 0 Å². The maximum absolute atomic E-state index is 12.9. The largest absolute Gasteiger partial charge is 0.417 e. The van der Waals surface area contributed by atoms with E-state index in [9.17, 15) is 13.2 Å². The van der Waals surface area contributed by atoms with Crippen LogP contribution in [0.25, 0.3) is 11.1 Å². The molecule has 0 saturated carbocycles. The summed E-state index contributed by atoms with van der Waals surface area (Å²) in [6.45, 7) is 0. The van der Waals surface area contributed by atoms with E-state index < -0.39 is 11.7 Å². The Balaban J connectivity index is 2.56. The summed E-state index contributed by atoms with van der Waals surface area (Å²) >= 11 is 5.74. The van der Waals surface area contributed by atoms with E-state index in [0.29, 0.717) is 16.1 Å².